The minimum Gasteiger partial charge on any atom is -0.355 e. The van der Waals surface area contributed by atoms with Crippen LogP contribution in [0.4, 0.5) is 11.4 Å². The smallest absolute Gasteiger partial charge is 0.257 e. The maximum absolute atomic E-state index is 12.7. The second-order valence-electron chi connectivity index (χ2n) is 6.79. The van der Waals surface area contributed by atoms with Crippen molar-refractivity contribution in [2.45, 2.75) is 40.5 Å². The first kappa shape index (κ1) is 17.9. The molecule has 0 radical (unpaired) electrons. The first-order valence-electron chi connectivity index (χ1n) is 8.72. The second kappa shape index (κ2) is 6.78. The van der Waals surface area contributed by atoms with Crippen molar-refractivity contribution in [1.82, 2.24) is 4.98 Å². The molecule has 0 bridgehead atoms. The van der Waals surface area contributed by atoms with Gasteiger partial charge in [0.25, 0.3) is 5.91 Å². The fourth-order valence-electron chi connectivity index (χ4n) is 3.58. The Hall–Kier alpha value is -2.89. The van der Waals surface area contributed by atoms with Crippen LogP contribution in [0, 0.1) is 20.8 Å². The lowest BCUT2D eigenvalue weighted by atomic mass is 10.1. The number of ketones is 1. The molecule has 6 heteroatoms. The number of hydrogen-bond donors (Lipinski definition) is 2. The van der Waals surface area contributed by atoms with Gasteiger partial charge in [0.2, 0.25) is 5.91 Å². The Morgan fingerprint density at radius 1 is 1.19 bits per heavy atom. The third-order valence-electron chi connectivity index (χ3n) is 4.84. The fraction of sp³-hybridized carbons (Fsp3) is 0.350. The van der Waals surface area contributed by atoms with Gasteiger partial charge in [-0.3, -0.25) is 14.4 Å². The molecular weight excluding hydrogens is 330 g/mol. The molecule has 1 aliphatic heterocycles. The summed E-state index contributed by atoms with van der Waals surface area (Å²) in [4.78, 5) is 41.1. The molecule has 1 aliphatic rings. The zero-order valence-electron chi connectivity index (χ0n) is 15.5. The van der Waals surface area contributed by atoms with Gasteiger partial charge in [0.15, 0.2) is 5.78 Å². The van der Waals surface area contributed by atoms with Crippen LogP contribution in [0.15, 0.2) is 18.2 Å². The number of carbonyl (C=O) groups excluding carboxylic acids is 3. The summed E-state index contributed by atoms with van der Waals surface area (Å²) >= 11 is 0. The topological polar surface area (TPSA) is 82.3 Å². The van der Waals surface area contributed by atoms with E-state index < -0.39 is 0 Å². The van der Waals surface area contributed by atoms with E-state index in [1.807, 2.05) is 19.1 Å². The van der Waals surface area contributed by atoms with Crippen LogP contribution >= 0.6 is 0 Å². The van der Waals surface area contributed by atoms with Gasteiger partial charge in [0, 0.05) is 37.0 Å². The van der Waals surface area contributed by atoms with Gasteiger partial charge in [0.1, 0.15) is 0 Å². The van der Waals surface area contributed by atoms with Crippen molar-refractivity contribution in [3.8, 4) is 0 Å². The maximum atomic E-state index is 12.7. The van der Waals surface area contributed by atoms with Gasteiger partial charge in [-0.2, -0.15) is 0 Å². The summed E-state index contributed by atoms with van der Waals surface area (Å²) in [6, 6.07) is 5.53. The lowest BCUT2D eigenvalue weighted by Gasteiger charge is -2.19. The maximum Gasteiger partial charge on any atom is 0.257 e. The molecule has 0 unspecified atom stereocenters. The van der Waals surface area contributed by atoms with Gasteiger partial charge in [-0.25, -0.2) is 0 Å². The quantitative estimate of drug-likeness (QED) is 0.825. The highest BCUT2D eigenvalue weighted by Crippen LogP contribution is 2.28. The molecule has 2 aromatic rings. The Kier molecular flexibility index (Phi) is 4.68. The molecule has 0 spiro atoms. The lowest BCUT2D eigenvalue weighted by Crippen LogP contribution is -2.24. The molecule has 0 saturated carbocycles. The molecule has 1 saturated heterocycles. The van der Waals surface area contributed by atoms with Gasteiger partial charge in [-0.05, 0) is 56.5 Å². The molecular formula is C20H23N3O3. The SMILES string of the molecule is CC(=O)c1[nH]c(C)c(C(=O)Nc2ccc(N3CCCC3=O)c(C)c2)c1C. The number of carbonyl (C=O) groups is 3. The van der Waals surface area contributed by atoms with E-state index >= 15 is 0 Å². The molecule has 136 valence electrons. The summed E-state index contributed by atoms with van der Waals surface area (Å²) in [6.45, 7) is 7.68. The zero-order chi connectivity index (χ0) is 19.0. The highest BCUT2D eigenvalue weighted by atomic mass is 16.2. The minimum absolute atomic E-state index is 0.0971. The number of anilines is 2. The van der Waals surface area contributed by atoms with E-state index in [0.29, 0.717) is 34.6 Å². The molecule has 2 N–H and O–H groups in total. The first-order valence-corrected chi connectivity index (χ1v) is 8.72. The Labute approximate surface area is 152 Å². The number of hydrogen-bond acceptors (Lipinski definition) is 3. The lowest BCUT2D eigenvalue weighted by molar-refractivity contribution is -0.117. The highest BCUT2D eigenvalue weighted by Gasteiger charge is 2.24. The predicted molar refractivity (Wildman–Crippen MR) is 101 cm³/mol. The number of aryl methyl sites for hydroxylation is 2. The van der Waals surface area contributed by atoms with Crippen molar-refractivity contribution in [2.75, 3.05) is 16.8 Å². The molecule has 6 nitrogen and oxygen atoms in total. The van der Waals surface area contributed by atoms with Crippen molar-refractivity contribution in [2.24, 2.45) is 0 Å². The molecule has 0 atom stereocenters. The number of amides is 2. The van der Waals surface area contributed by atoms with Crippen LogP contribution in [0.3, 0.4) is 0 Å². The Morgan fingerprint density at radius 2 is 1.92 bits per heavy atom. The molecule has 0 aliphatic carbocycles. The van der Waals surface area contributed by atoms with Crippen LogP contribution in [0.1, 0.15) is 57.4 Å². The van der Waals surface area contributed by atoms with Crippen molar-refractivity contribution >= 4 is 29.0 Å². The van der Waals surface area contributed by atoms with E-state index in [1.54, 1.807) is 24.8 Å². The number of nitrogens with one attached hydrogen (secondary N) is 2. The number of H-pyrrole nitrogens is 1. The summed E-state index contributed by atoms with van der Waals surface area (Å²) in [5.41, 5.74) is 4.76. The first-order chi connectivity index (χ1) is 12.3. The third-order valence-corrected chi connectivity index (χ3v) is 4.84. The summed E-state index contributed by atoms with van der Waals surface area (Å²) in [6.07, 6.45) is 1.46. The minimum atomic E-state index is -0.256. The average molecular weight is 353 g/mol. The van der Waals surface area contributed by atoms with E-state index in [2.05, 4.69) is 10.3 Å². The van der Waals surface area contributed by atoms with Crippen LogP contribution in [0.2, 0.25) is 0 Å². The summed E-state index contributed by atoms with van der Waals surface area (Å²) < 4.78 is 0. The second-order valence-corrected chi connectivity index (χ2v) is 6.79. The fourth-order valence-corrected chi connectivity index (χ4v) is 3.58. The number of aromatic nitrogens is 1. The van der Waals surface area contributed by atoms with Crippen LogP contribution in [0.5, 0.6) is 0 Å². The average Bonchev–Trinajstić information content (AvgIpc) is 3.10. The number of rotatable bonds is 4. The van der Waals surface area contributed by atoms with Gasteiger partial charge < -0.3 is 15.2 Å². The van der Waals surface area contributed by atoms with E-state index in [0.717, 1.165) is 24.2 Å². The Morgan fingerprint density at radius 3 is 2.46 bits per heavy atom. The van der Waals surface area contributed by atoms with Gasteiger partial charge in [0.05, 0.1) is 11.3 Å². The Bertz CT molecular complexity index is 911. The van der Waals surface area contributed by atoms with Gasteiger partial charge in [-0.1, -0.05) is 0 Å². The van der Waals surface area contributed by atoms with Gasteiger partial charge >= 0.3 is 0 Å². The van der Waals surface area contributed by atoms with Crippen LogP contribution in [0.25, 0.3) is 0 Å². The van der Waals surface area contributed by atoms with Gasteiger partial charge in [-0.15, -0.1) is 0 Å². The number of nitrogens with zero attached hydrogens (tertiary/aromatic N) is 1. The monoisotopic (exact) mass is 353 g/mol. The number of Topliss-reactive ketones (excluding diaryl/α,β-unsaturated/α-hetero) is 1. The van der Waals surface area contributed by atoms with Crippen molar-refractivity contribution in [3.63, 3.8) is 0 Å². The normalized spacial score (nSPS) is 14.0. The largest absolute Gasteiger partial charge is 0.355 e. The van der Waals surface area contributed by atoms with Crippen LogP contribution in [-0.4, -0.2) is 29.1 Å². The summed E-state index contributed by atoms with van der Waals surface area (Å²) in [7, 11) is 0. The summed E-state index contributed by atoms with van der Waals surface area (Å²) in [5, 5.41) is 2.89. The standard InChI is InChI=1S/C20H23N3O3/c1-11-10-15(7-8-16(11)23-9-5-6-17(23)25)22-20(26)18-12(2)19(14(4)24)21-13(18)3/h7-8,10,21H,5-6,9H2,1-4H3,(H,22,26). The predicted octanol–water partition coefficient (Wildman–Crippen LogP) is 3.52. The number of aromatic amines is 1. The molecule has 2 heterocycles. The van der Waals surface area contributed by atoms with Crippen LogP contribution in [-0.2, 0) is 4.79 Å². The van der Waals surface area contributed by atoms with Crippen molar-refractivity contribution in [1.29, 1.82) is 0 Å². The van der Waals surface area contributed by atoms with Crippen molar-refractivity contribution in [3.05, 3.63) is 46.3 Å². The molecule has 3 rings (SSSR count). The molecule has 1 aromatic carbocycles. The highest BCUT2D eigenvalue weighted by molar-refractivity contribution is 6.09. The third kappa shape index (κ3) is 3.14. The van der Waals surface area contributed by atoms with E-state index in [-0.39, 0.29) is 17.6 Å². The summed E-state index contributed by atoms with van der Waals surface area (Å²) in [5.74, 6) is -0.214. The molecule has 1 fully saturated rings. The van der Waals surface area contributed by atoms with E-state index in [9.17, 15) is 14.4 Å². The van der Waals surface area contributed by atoms with Crippen LogP contribution < -0.4 is 10.2 Å². The Balaban J connectivity index is 1.83. The number of benzene rings is 1. The molecule has 1 aromatic heterocycles. The molecule has 2 amide bonds. The zero-order valence-corrected chi connectivity index (χ0v) is 15.5. The van der Waals surface area contributed by atoms with E-state index in [4.69, 9.17) is 0 Å². The van der Waals surface area contributed by atoms with Crippen molar-refractivity contribution < 1.29 is 14.4 Å². The van der Waals surface area contributed by atoms with E-state index in [1.165, 1.54) is 6.92 Å². The molecule has 26 heavy (non-hydrogen) atoms.